The highest BCUT2D eigenvalue weighted by atomic mass is 32.1. The molecule has 0 aliphatic carbocycles. The third-order valence-corrected chi connectivity index (χ3v) is 4.50. The maximum Gasteiger partial charge on any atom is 0.200 e. The lowest BCUT2D eigenvalue weighted by Crippen LogP contribution is -2.43. The zero-order valence-corrected chi connectivity index (χ0v) is 11.3. The summed E-state index contributed by atoms with van der Waals surface area (Å²) in [5.74, 6) is 0.278. The fourth-order valence-corrected chi connectivity index (χ4v) is 3.27. The quantitative estimate of drug-likeness (QED) is 0.904. The van der Waals surface area contributed by atoms with Gasteiger partial charge in [-0.3, -0.25) is 5.01 Å². The molecule has 1 aromatic carbocycles. The Bertz CT molecular complexity index is 548. The summed E-state index contributed by atoms with van der Waals surface area (Å²) < 4.78 is 1.12. The largest absolute Gasteiger partial charge is 0.508 e. The molecule has 0 radical (unpaired) electrons. The first-order chi connectivity index (χ1) is 8.74. The second kappa shape index (κ2) is 4.74. The van der Waals surface area contributed by atoms with Gasteiger partial charge in [0.15, 0.2) is 0 Å². The van der Waals surface area contributed by atoms with Crippen LogP contribution in [0.3, 0.4) is 0 Å². The van der Waals surface area contributed by atoms with Crippen LogP contribution in [0.2, 0.25) is 0 Å². The van der Waals surface area contributed by atoms with Crippen molar-refractivity contribution in [2.75, 3.05) is 25.1 Å². The monoisotopic (exact) mass is 263 g/mol. The van der Waals surface area contributed by atoms with Gasteiger partial charge >= 0.3 is 0 Å². The summed E-state index contributed by atoms with van der Waals surface area (Å²) >= 11 is 1.67. The minimum atomic E-state index is 0.278. The Hall–Kier alpha value is -1.33. The van der Waals surface area contributed by atoms with E-state index in [4.69, 9.17) is 0 Å². The highest BCUT2D eigenvalue weighted by molar-refractivity contribution is 7.22. The SMILES string of the molecule is CN(c1nc2cc(O)ccc2s1)N1CCCCC1. The topological polar surface area (TPSA) is 39.6 Å². The van der Waals surface area contributed by atoms with Crippen molar-refractivity contribution in [1.29, 1.82) is 0 Å². The molecule has 3 rings (SSSR count). The number of phenols is 1. The van der Waals surface area contributed by atoms with E-state index in [0.717, 1.165) is 28.4 Å². The first kappa shape index (κ1) is 11.7. The van der Waals surface area contributed by atoms with E-state index in [1.54, 1.807) is 23.5 Å². The van der Waals surface area contributed by atoms with Crippen LogP contribution in [0.25, 0.3) is 10.2 Å². The third kappa shape index (κ3) is 2.15. The molecule has 2 heterocycles. The summed E-state index contributed by atoms with van der Waals surface area (Å²) in [4.78, 5) is 4.59. The molecule has 1 aromatic heterocycles. The number of anilines is 1. The molecule has 0 bridgehead atoms. The smallest absolute Gasteiger partial charge is 0.200 e. The predicted molar refractivity (Wildman–Crippen MR) is 75.1 cm³/mol. The van der Waals surface area contributed by atoms with Crippen molar-refractivity contribution in [2.24, 2.45) is 0 Å². The van der Waals surface area contributed by atoms with E-state index in [1.165, 1.54) is 19.3 Å². The van der Waals surface area contributed by atoms with Gasteiger partial charge < -0.3 is 5.11 Å². The Morgan fingerprint density at radius 1 is 1.28 bits per heavy atom. The fourth-order valence-electron chi connectivity index (χ4n) is 2.34. The summed E-state index contributed by atoms with van der Waals surface area (Å²) in [6, 6.07) is 5.36. The average Bonchev–Trinajstić information content (AvgIpc) is 2.81. The molecule has 0 unspecified atom stereocenters. The first-order valence-corrected chi connectivity index (χ1v) is 7.14. The van der Waals surface area contributed by atoms with Crippen LogP contribution in [0.15, 0.2) is 18.2 Å². The van der Waals surface area contributed by atoms with E-state index in [1.807, 2.05) is 6.07 Å². The maximum absolute atomic E-state index is 9.47. The van der Waals surface area contributed by atoms with Gasteiger partial charge in [-0.1, -0.05) is 17.8 Å². The van der Waals surface area contributed by atoms with Crippen molar-refractivity contribution in [3.05, 3.63) is 18.2 Å². The molecule has 1 N–H and O–H groups in total. The van der Waals surface area contributed by atoms with Crippen LogP contribution in [-0.2, 0) is 0 Å². The van der Waals surface area contributed by atoms with Crippen molar-refractivity contribution >= 4 is 26.7 Å². The van der Waals surface area contributed by atoms with Crippen molar-refractivity contribution in [2.45, 2.75) is 19.3 Å². The summed E-state index contributed by atoms with van der Waals surface area (Å²) in [5, 5.41) is 15.0. The zero-order valence-electron chi connectivity index (χ0n) is 10.5. The molecule has 0 amide bonds. The van der Waals surface area contributed by atoms with Crippen molar-refractivity contribution in [1.82, 2.24) is 9.99 Å². The summed E-state index contributed by atoms with van der Waals surface area (Å²) in [5.41, 5.74) is 0.874. The molecule has 5 heteroatoms. The van der Waals surface area contributed by atoms with Gasteiger partial charge in [-0.25, -0.2) is 9.99 Å². The van der Waals surface area contributed by atoms with E-state index in [0.29, 0.717) is 0 Å². The molecule has 1 aliphatic rings. The second-order valence-electron chi connectivity index (χ2n) is 4.69. The van der Waals surface area contributed by atoms with E-state index >= 15 is 0 Å². The number of nitrogens with zero attached hydrogens (tertiary/aromatic N) is 3. The number of thiazole rings is 1. The van der Waals surface area contributed by atoms with Crippen molar-refractivity contribution < 1.29 is 5.11 Å². The van der Waals surface area contributed by atoms with Crippen LogP contribution in [0.1, 0.15) is 19.3 Å². The molecular weight excluding hydrogens is 246 g/mol. The molecular formula is C13H17N3OS. The Labute approximate surface area is 110 Å². The molecule has 18 heavy (non-hydrogen) atoms. The van der Waals surface area contributed by atoms with Gasteiger partial charge in [-0.2, -0.15) is 0 Å². The van der Waals surface area contributed by atoms with Crippen LogP contribution in [0, 0.1) is 0 Å². The Kier molecular flexibility index (Phi) is 3.09. The van der Waals surface area contributed by atoms with Crippen LogP contribution >= 0.6 is 11.3 Å². The Morgan fingerprint density at radius 2 is 2.06 bits per heavy atom. The van der Waals surface area contributed by atoms with E-state index in [-0.39, 0.29) is 5.75 Å². The summed E-state index contributed by atoms with van der Waals surface area (Å²) in [7, 11) is 2.07. The van der Waals surface area contributed by atoms with E-state index < -0.39 is 0 Å². The molecule has 0 saturated carbocycles. The number of hydrazine groups is 1. The molecule has 96 valence electrons. The number of rotatable bonds is 2. The standard InChI is InChI=1S/C13H17N3OS/c1-15(16-7-3-2-4-8-16)13-14-11-9-10(17)5-6-12(11)18-13/h5-6,9,17H,2-4,7-8H2,1H3. The van der Waals surface area contributed by atoms with Crippen molar-refractivity contribution in [3.8, 4) is 5.75 Å². The Morgan fingerprint density at radius 3 is 2.83 bits per heavy atom. The minimum Gasteiger partial charge on any atom is -0.508 e. The van der Waals surface area contributed by atoms with Gasteiger partial charge in [-0.05, 0) is 25.0 Å². The lowest BCUT2D eigenvalue weighted by atomic mass is 10.2. The minimum absolute atomic E-state index is 0.278. The number of fused-ring (bicyclic) bond motifs is 1. The van der Waals surface area contributed by atoms with Gasteiger partial charge in [0.25, 0.3) is 0 Å². The van der Waals surface area contributed by atoms with E-state index in [2.05, 4.69) is 22.0 Å². The number of phenolic OH excluding ortho intramolecular Hbond substituents is 1. The molecule has 1 fully saturated rings. The van der Waals surface area contributed by atoms with Gasteiger partial charge in [0.2, 0.25) is 5.13 Å². The number of hydrogen-bond acceptors (Lipinski definition) is 5. The number of piperidine rings is 1. The second-order valence-corrected chi connectivity index (χ2v) is 5.70. The molecule has 1 saturated heterocycles. The summed E-state index contributed by atoms with van der Waals surface area (Å²) in [6.45, 7) is 2.22. The molecule has 1 aliphatic heterocycles. The van der Waals surface area contributed by atoms with Crippen LogP contribution in [-0.4, -0.2) is 35.2 Å². The lowest BCUT2D eigenvalue weighted by Gasteiger charge is -2.34. The molecule has 0 spiro atoms. The number of benzene rings is 1. The lowest BCUT2D eigenvalue weighted by molar-refractivity contribution is 0.220. The molecule has 4 nitrogen and oxygen atoms in total. The average molecular weight is 263 g/mol. The van der Waals surface area contributed by atoms with Gasteiger partial charge in [0, 0.05) is 26.2 Å². The number of aromatic nitrogens is 1. The maximum atomic E-state index is 9.47. The number of hydrogen-bond donors (Lipinski definition) is 1. The van der Waals surface area contributed by atoms with E-state index in [9.17, 15) is 5.11 Å². The highest BCUT2D eigenvalue weighted by Crippen LogP contribution is 2.31. The zero-order chi connectivity index (χ0) is 12.5. The predicted octanol–water partition coefficient (Wildman–Crippen LogP) is 2.84. The summed E-state index contributed by atoms with van der Waals surface area (Å²) in [6.07, 6.45) is 3.85. The first-order valence-electron chi connectivity index (χ1n) is 6.32. The van der Waals surface area contributed by atoms with Crippen LogP contribution in [0.5, 0.6) is 5.75 Å². The fraction of sp³-hybridized carbons (Fsp3) is 0.462. The van der Waals surface area contributed by atoms with Crippen molar-refractivity contribution in [3.63, 3.8) is 0 Å². The van der Waals surface area contributed by atoms with Gasteiger partial charge in [-0.15, -0.1) is 0 Å². The van der Waals surface area contributed by atoms with Gasteiger partial charge in [0.05, 0.1) is 10.2 Å². The highest BCUT2D eigenvalue weighted by Gasteiger charge is 2.18. The Balaban J connectivity index is 1.88. The molecule has 2 aromatic rings. The molecule has 0 atom stereocenters. The van der Waals surface area contributed by atoms with Crippen LogP contribution < -0.4 is 5.01 Å². The third-order valence-electron chi connectivity index (χ3n) is 3.39. The normalized spacial score (nSPS) is 17.2. The van der Waals surface area contributed by atoms with Crippen LogP contribution in [0.4, 0.5) is 5.13 Å². The van der Waals surface area contributed by atoms with Gasteiger partial charge in [0.1, 0.15) is 5.75 Å². The number of aromatic hydroxyl groups is 1.